The van der Waals surface area contributed by atoms with Crippen LogP contribution in [0.1, 0.15) is 24.1 Å². The summed E-state index contributed by atoms with van der Waals surface area (Å²) >= 11 is 5.63. The van der Waals surface area contributed by atoms with E-state index < -0.39 is 5.82 Å². The number of hydrogen-bond acceptors (Lipinski definition) is 2. The predicted molar refractivity (Wildman–Crippen MR) is 82.7 cm³/mol. The summed E-state index contributed by atoms with van der Waals surface area (Å²) in [5, 5.41) is 0.0558. The van der Waals surface area contributed by atoms with Gasteiger partial charge in [-0.2, -0.15) is 0 Å². The molecule has 0 radical (unpaired) electrons. The van der Waals surface area contributed by atoms with Crippen molar-refractivity contribution in [1.29, 1.82) is 0 Å². The largest absolute Gasteiger partial charge is 0.323 e. The number of halogens is 2. The highest BCUT2D eigenvalue weighted by Crippen LogP contribution is 2.22. The van der Waals surface area contributed by atoms with Gasteiger partial charge in [-0.1, -0.05) is 54.9 Å². The third kappa shape index (κ3) is 3.90. The van der Waals surface area contributed by atoms with Crippen LogP contribution in [0.4, 0.5) is 4.39 Å². The maximum absolute atomic E-state index is 13.4. The summed E-state index contributed by atoms with van der Waals surface area (Å²) in [6, 6.07) is 13.5. The Bertz CT molecular complexity index is 630. The molecule has 2 rings (SSSR count). The molecule has 2 nitrogen and oxygen atoms in total. The topological polar surface area (TPSA) is 43.1 Å². The first-order valence-electron chi connectivity index (χ1n) is 6.76. The van der Waals surface area contributed by atoms with Crippen molar-refractivity contribution in [3.63, 3.8) is 0 Å². The SMILES string of the molecule is CC(C(=O)Cc1ccc(Cl)c(F)c1)C(N)c1ccccc1. The summed E-state index contributed by atoms with van der Waals surface area (Å²) in [5.41, 5.74) is 7.65. The highest BCUT2D eigenvalue weighted by atomic mass is 35.5. The molecule has 0 saturated heterocycles. The number of nitrogens with two attached hydrogens (primary N) is 1. The Morgan fingerprint density at radius 2 is 1.90 bits per heavy atom. The van der Waals surface area contributed by atoms with Gasteiger partial charge in [-0.15, -0.1) is 0 Å². The first kappa shape index (κ1) is 15.7. The molecule has 2 atom stereocenters. The molecule has 0 saturated carbocycles. The van der Waals surface area contributed by atoms with Crippen LogP contribution in [-0.4, -0.2) is 5.78 Å². The molecule has 2 N–H and O–H groups in total. The van der Waals surface area contributed by atoms with Crippen LogP contribution in [0.25, 0.3) is 0 Å². The van der Waals surface area contributed by atoms with Crippen molar-refractivity contribution in [1.82, 2.24) is 0 Å². The van der Waals surface area contributed by atoms with Crippen LogP contribution in [0, 0.1) is 11.7 Å². The number of carbonyl (C=O) groups is 1. The molecular weight excluding hydrogens is 289 g/mol. The summed E-state index contributed by atoms with van der Waals surface area (Å²) < 4.78 is 13.4. The molecule has 0 heterocycles. The van der Waals surface area contributed by atoms with Crippen molar-refractivity contribution in [3.8, 4) is 0 Å². The van der Waals surface area contributed by atoms with E-state index in [1.54, 1.807) is 13.0 Å². The Morgan fingerprint density at radius 3 is 2.52 bits per heavy atom. The average molecular weight is 306 g/mol. The maximum atomic E-state index is 13.4. The normalized spacial score (nSPS) is 13.7. The average Bonchev–Trinajstić information content (AvgIpc) is 2.50. The van der Waals surface area contributed by atoms with Gasteiger partial charge in [-0.05, 0) is 23.3 Å². The van der Waals surface area contributed by atoms with E-state index in [-0.39, 0.29) is 29.2 Å². The molecule has 4 heteroatoms. The van der Waals surface area contributed by atoms with Crippen molar-refractivity contribution in [2.45, 2.75) is 19.4 Å². The Balaban J connectivity index is 2.07. The summed E-state index contributed by atoms with van der Waals surface area (Å²) in [4.78, 5) is 12.3. The van der Waals surface area contributed by atoms with Crippen molar-refractivity contribution < 1.29 is 9.18 Å². The fourth-order valence-corrected chi connectivity index (χ4v) is 2.29. The van der Waals surface area contributed by atoms with E-state index in [9.17, 15) is 9.18 Å². The molecule has 2 unspecified atom stereocenters. The van der Waals surface area contributed by atoms with Crippen LogP contribution >= 0.6 is 11.6 Å². The van der Waals surface area contributed by atoms with Gasteiger partial charge in [-0.3, -0.25) is 4.79 Å². The van der Waals surface area contributed by atoms with Crippen LogP contribution in [0.5, 0.6) is 0 Å². The lowest BCUT2D eigenvalue weighted by molar-refractivity contribution is -0.122. The predicted octanol–water partition coefficient (Wildman–Crippen LogP) is 3.93. The molecule has 0 aliphatic rings. The molecule has 110 valence electrons. The second kappa shape index (κ2) is 6.83. The number of benzene rings is 2. The van der Waals surface area contributed by atoms with Crippen molar-refractivity contribution in [3.05, 3.63) is 70.5 Å². The minimum atomic E-state index is -0.512. The molecular formula is C17H17ClFNO. The standard InChI is InChI=1S/C17H17ClFNO/c1-11(17(20)13-5-3-2-4-6-13)16(21)10-12-7-8-14(18)15(19)9-12/h2-9,11,17H,10,20H2,1H3. The number of ketones is 1. The molecule has 21 heavy (non-hydrogen) atoms. The summed E-state index contributed by atoms with van der Waals surface area (Å²) in [5.74, 6) is -0.874. The van der Waals surface area contributed by atoms with Crippen LogP contribution in [0.15, 0.2) is 48.5 Å². The van der Waals surface area contributed by atoms with E-state index in [1.807, 2.05) is 30.3 Å². The fraction of sp³-hybridized carbons (Fsp3) is 0.235. The Morgan fingerprint density at radius 1 is 1.24 bits per heavy atom. The lowest BCUT2D eigenvalue weighted by Gasteiger charge is -2.19. The van der Waals surface area contributed by atoms with Crippen LogP contribution < -0.4 is 5.73 Å². The van der Waals surface area contributed by atoms with Crippen LogP contribution in [0.3, 0.4) is 0 Å². The number of Topliss-reactive ketones (excluding diaryl/α,β-unsaturated/α-hetero) is 1. The van der Waals surface area contributed by atoms with Gasteiger partial charge in [0.1, 0.15) is 11.6 Å². The van der Waals surface area contributed by atoms with Crippen molar-refractivity contribution >= 4 is 17.4 Å². The van der Waals surface area contributed by atoms with E-state index in [4.69, 9.17) is 17.3 Å². The molecule has 0 spiro atoms. The minimum Gasteiger partial charge on any atom is -0.323 e. The molecule has 2 aromatic carbocycles. The highest BCUT2D eigenvalue weighted by molar-refractivity contribution is 6.30. The van der Waals surface area contributed by atoms with E-state index in [0.717, 1.165) is 5.56 Å². The van der Waals surface area contributed by atoms with Gasteiger partial charge in [0, 0.05) is 18.4 Å². The van der Waals surface area contributed by atoms with Gasteiger partial charge in [-0.25, -0.2) is 4.39 Å². The molecule has 0 aliphatic carbocycles. The van der Waals surface area contributed by atoms with Crippen LogP contribution in [0.2, 0.25) is 5.02 Å². The zero-order valence-electron chi connectivity index (χ0n) is 11.7. The first-order chi connectivity index (χ1) is 9.99. The van der Waals surface area contributed by atoms with E-state index in [2.05, 4.69) is 0 Å². The minimum absolute atomic E-state index is 0.0203. The zero-order chi connectivity index (χ0) is 15.4. The number of hydrogen-bond donors (Lipinski definition) is 1. The monoisotopic (exact) mass is 305 g/mol. The van der Waals surface area contributed by atoms with Gasteiger partial charge in [0.25, 0.3) is 0 Å². The van der Waals surface area contributed by atoms with Gasteiger partial charge >= 0.3 is 0 Å². The van der Waals surface area contributed by atoms with Crippen molar-refractivity contribution in [2.75, 3.05) is 0 Å². The molecule has 0 fully saturated rings. The quantitative estimate of drug-likeness (QED) is 0.909. The Hall–Kier alpha value is -1.71. The Kier molecular flexibility index (Phi) is 5.10. The molecule has 0 aliphatic heterocycles. The third-order valence-electron chi connectivity index (χ3n) is 3.59. The molecule has 0 bridgehead atoms. The fourth-order valence-electron chi connectivity index (χ4n) is 2.18. The van der Waals surface area contributed by atoms with E-state index in [1.165, 1.54) is 12.1 Å². The van der Waals surface area contributed by atoms with Gasteiger partial charge < -0.3 is 5.73 Å². The van der Waals surface area contributed by atoms with E-state index >= 15 is 0 Å². The summed E-state index contributed by atoms with van der Waals surface area (Å²) in [6.45, 7) is 1.80. The molecule has 2 aromatic rings. The molecule has 0 aromatic heterocycles. The second-order valence-electron chi connectivity index (χ2n) is 5.12. The number of rotatable bonds is 5. The lowest BCUT2D eigenvalue weighted by atomic mass is 9.89. The Labute approximate surface area is 128 Å². The first-order valence-corrected chi connectivity index (χ1v) is 7.14. The van der Waals surface area contributed by atoms with E-state index in [0.29, 0.717) is 5.56 Å². The van der Waals surface area contributed by atoms with Gasteiger partial charge in [0.15, 0.2) is 0 Å². The van der Waals surface area contributed by atoms with Crippen LogP contribution in [-0.2, 0) is 11.2 Å². The highest BCUT2D eigenvalue weighted by Gasteiger charge is 2.22. The smallest absolute Gasteiger partial charge is 0.142 e. The van der Waals surface area contributed by atoms with Crippen molar-refractivity contribution in [2.24, 2.45) is 11.7 Å². The van der Waals surface area contributed by atoms with Gasteiger partial charge in [0.2, 0.25) is 0 Å². The maximum Gasteiger partial charge on any atom is 0.142 e. The number of carbonyl (C=O) groups excluding carboxylic acids is 1. The summed E-state index contributed by atoms with van der Waals surface area (Å²) in [6.07, 6.45) is 0.149. The molecule has 0 amide bonds. The van der Waals surface area contributed by atoms with Gasteiger partial charge in [0.05, 0.1) is 5.02 Å². The second-order valence-corrected chi connectivity index (χ2v) is 5.52. The lowest BCUT2D eigenvalue weighted by Crippen LogP contribution is -2.27. The zero-order valence-corrected chi connectivity index (χ0v) is 12.5. The summed E-state index contributed by atoms with van der Waals surface area (Å²) in [7, 11) is 0. The third-order valence-corrected chi connectivity index (χ3v) is 3.90.